The molecule has 0 fully saturated rings. The van der Waals surface area contributed by atoms with Gasteiger partial charge >= 0.3 is 0 Å². The minimum absolute atomic E-state index is 0.0911. The van der Waals surface area contributed by atoms with E-state index in [9.17, 15) is 8.42 Å². The quantitative estimate of drug-likeness (QED) is 0.735. The Morgan fingerprint density at radius 3 is 2.82 bits per heavy atom. The van der Waals surface area contributed by atoms with Gasteiger partial charge in [0.05, 0.1) is 6.54 Å². The molecule has 0 bridgehead atoms. The van der Waals surface area contributed by atoms with Crippen LogP contribution in [0.3, 0.4) is 0 Å². The minimum atomic E-state index is -3.62. The molecule has 1 aromatic heterocycles. The molecular weight excluding hydrogens is 240 g/mol. The topological polar surface area (TPSA) is 71.3 Å². The van der Waals surface area contributed by atoms with Gasteiger partial charge in [0.1, 0.15) is 5.76 Å². The lowest BCUT2D eigenvalue weighted by Crippen LogP contribution is -2.32. The van der Waals surface area contributed by atoms with E-state index in [2.05, 4.69) is 16.0 Å². The van der Waals surface area contributed by atoms with Crippen LogP contribution in [0.4, 0.5) is 0 Å². The number of rotatable bonds is 6. The average molecular weight is 256 g/mol. The zero-order chi connectivity index (χ0) is 12.9. The average Bonchev–Trinajstić information content (AvgIpc) is 2.67. The molecule has 2 N–H and O–H groups in total. The van der Waals surface area contributed by atoms with Crippen LogP contribution in [0.15, 0.2) is 21.6 Å². The number of hydrogen-bond acceptors (Lipinski definition) is 4. The van der Waals surface area contributed by atoms with Crippen molar-refractivity contribution in [3.63, 3.8) is 0 Å². The SMILES string of the molecule is C#CCC(C)NS(=O)(=O)c1ccc(CNC)o1. The van der Waals surface area contributed by atoms with Gasteiger partial charge in [-0.15, -0.1) is 12.3 Å². The van der Waals surface area contributed by atoms with Crippen LogP contribution in [-0.2, 0) is 16.6 Å². The Labute approximate surface area is 102 Å². The molecule has 0 aliphatic rings. The fraction of sp³-hybridized carbons (Fsp3) is 0.455. The zero-order valence-corrected chi connectivity index (χ0v) is 10.7. The third-order valence-corrected chi connectivity index (χ3v) is 3.50. The molecule has 0 aliphatic heterocycles. The molecule has 17 heavy (non-hydrogen) atoms. The van der Waals surface area contributed by atoms with Gasteiger partial charge < -0.3 is 9.73 Å². The second kappa shape index (κ2) is 5.87. The number of sulfonamides is 1. The predicted octanol–water partition coefficient (Wildman–Crippen LogP) is 0.689. The van der Waals surface area contributed by atoms with E-state index in [1.54, 1.807) is 20.0 Å². The highest BCUT2D eigenvalue weighted by Gasteiger charge is 2.20. The van der Waals surface area contributed by atoms with E-state index in [-0.39, 0.29) is 11.1 Å². The first-order chi connectivity index (χ1) is 7.99. The molecule has 0 aromatic carbocycles. The summed E-state index contributed by atoms with van der Waals surface area (Å²) in [5.41, 5.74) is 0. The van der Waals surface area contributed by atoms with Crippen molar-refractivity contribution in [2.24, 2.45) is 0 Å². The van der Waals surface area contributed by atoms with Crippen LogP contribution in [0.1, 0.15) is 19.1 Å². The first-order valence-corrected chi connectivity index (χ1v) is 6.67. The predicted molar refractivity (Wildman–Crippen MR) is 64.7 cm³/mol. The lowest BCUT2D eigenvalue weighted by atomic mass is 10.3. The van der Waals surface area contributed by atoms with E-state index in [1.807, 2.05) is 0 Å². The Hall–Kier alpha value is -1.29. The minimum Gasteiger partial charge on any atom is -0.447 e. The largest absolute Gasteiger partial charge is 0.447 e. The number of nitrogens with one attached hydrogen (secondary N) is 2. The van der Waals surface area contributed by atoms with Crippen molar-refractivity contribution in [1.29, 1.82) is 0 Å². The van der Waals surface area contributed by atoms with Crippen LogP contribution in [0.25, 0.3) is 0 Å². The molecular formula is C11H16N2O3S. The molecule has 0 amide bonds. The summed E-state index contributed by atoms with van der Waals surface area (Å²) in [5, 5.41) is 2.78. The van der Waals surface area contributed by atoms with Gasteiger partial charge in [0.15, 0.2) is 0 Å². The molecule has 0 saturated heterocycles. The first kappa shape index (κ1) is 13.8. The Kier molecular flexibility index (Phi) is 4.75. The van der Waals surface area contributed by atoms with Crippen LogP contribution in [0, 0.1) is 12.3 Å². The summed E-state index contributed by atoms with van der Waals surface area (Å²) in [7, 11) is -1.87. The standard InChI is InChI=1S/C11H16N2O3S/c1-4-5-9(2)13-17(14,15)11-7-6-10(16-11)8-12-3/h1,6-7,9,12-13H,5,8H2,2-3H3. The van der Waals surface area contributed by atoms with Gasteiger partial charge in [-0.05, 0) is 26.1 Å². The van der Waals surface area contributed by atoms with Crippen LogP contribution in [0.2, 0.25) is 0 Å². The molecule has 6 heteroatoms. The Bertz CT molecular complexity index is 499. The van der Waals surface area contributed by atoms with E-state index in [0.29, 0.717) is 18.7 Å². The second-order valence-corrected chi connectivity index (χ2v) is 5.33. The normalized spacial score (nSPS) is 13.2. The summed E-state index contributed by atoms with van der Waals surface area (Å²) in [6, 6.07) is 2.73. The van der Waals surface area contributed by atoms with Gasteiger partial charge in [-0.3, -0.25) is 0 Å². The molecule has 1 unspecified atom stereocenters. The summed E-state index contributed by atoms with van der Waals surface area (Å²) in [4.78, 5) is 0. The summed E-state index contributed by atoms with van der Waals surface area (Å²) >= 11 is 0. The Morgan fingerprint density at radius 2 is 2.24 bits per heavy atom. The van der Waals surface area contributed by atoms with Crippen molar-refractivity contribution < 1.29 is 12.8 Å². The van der Waals surface area contributed by atoms with Gasteiger partial charge in [-0.1, -0.05) is 0 Å². The van der Waals surface area contributed by atoms with Crippen LogP contribution >= 0.6 is 0 Å². The van der Waals surface area contributed by atoms with Crippen LogP contribution < -0.4 is 10.0 Å². The molecule has 0 radical (unpaired) electrons. The molecule has 1 aromatic rings. The van der Waals surface area contributed by atoms with Gasteiger partial charge in [-0.25, -0.2) is 13.1 Å². The summed E-state index contributed by atoms with van der Waals surface area (Å²) in [6.45, 7) is 2.18. The Balaban J connectivity index is 2.79. The van der Waals surface area contributed by atoms with Crippen molar-refractivity contribution in [3.05, 3.63) is 17.9 Å². The molecule has 0 spiro atoms. The number of terminal acetylenes is 1. The van der Waals surface area contributed by atoms with E-state index < -0.39 is 10.0 Å². The maximum Gasteiger partial charge on any atom is 0.274 e. The van der Waals surface area contributed by atoms with Crippen LogP contribution in [-0.4, -0.2) is 21.5 Å². The van der Waals surface area contributed by atoms with Gasteiger partial charge in [-0.2, -0.15) is 0 Å². The summed E-state index contributed by atoms with van der Waals surface area (Å²) < 4.78 is 31.3. The third-order valence-electron chi connectivity index (χ3n) is 2.03. The van der Waals surface area contributed by atoms with Gasteiger partial charge in [0.2, 0.25) is 5.09 Å². The molecule has 0 aliphatic carbocycles. The number of furan rings is 1. The van der Waals surface area contributed by atoms with Crippen molar-refractivity contribution in [2.75, 3.05) is 7.05 Å². The summed E-state index contributed by atoms with van der Waals surface area (Å²) in [6.07, 6.45) is 5.45. The van der Waals surface area contributed by atoms with Crippen molar-refractivity contribution in [2.45, 2.75) is 31.0 Å². The Morgan fingerprint density at radius 1 is 1.53 bits per heavy atom. The lowest BCUT2D eigenvalue weighted by Gasteiger charge is -2.09. The maximum atomic E-state index is 11.8. The monoisotopic (exact) mass is 256 g/mol. The van der Waals surface area contributed by atoms with Crippen molar-refractivity contribution >= 4 is 10.0 Å². The molecule has 1 rings (SSSR count). The molecule has 1 atom stereocenters. The molecule has 0 saturated carbocycles. The van der Waals surface area contributed by atoms with Crippen LogP contribution in [0.5, 0.6) is 0 Å². The van der Waals surface area contributed by atoms with Gasteiger partial charge in [0.25, 0.3) is 10.0 Å². The fourth-order valence-electron chi connectivity index (χ4n) is 1.31. The zero-order valence-electron chi connectivity index (χ0n) is 9.86. The first-order valence-electron chi connectivity index (χ1n) is 5.18. The van der Waals surface area contributed by atoms with E-state index in [4.69, 9.17) is 10.8 Å². The van der Waals surface area contributed by atoms with E-state index >= 15 is 0 Å². The second-order valence-electron chi connectivity index (χ2n) is 3.68. The highest BCUT2D eigenvalue weighted by Crippen LogP contribution is 2.14. The summed E-state index contributed by atoms with van der Waals surface area (Å²) in [5.74, 6) is 2.97. The van der Waals surface area contributed by atoms with E-state index in [1.165, 1.54) is 6.07 Å². The fourth-order valence-corrected chi connectivity index (χ4v) is 2.51. The highest BCUT2D eigenvalue weighted by atomic mass is 32.2. The molecule has 94 valence electrons. The smallest absolute Gasteiger partial charge is 0.274 e. The lowest BCUT2D eigenvalue weighted by molar-refractivity contribution is 0.403. The van der Waals surface area contributed by atoms with Gasteiger partial charge in [0, 0.05) is 12.5 Å². The van der Waals surface area contributed by atoms with Crippen molar-refractivity contribution in [1.82, 2.24) is 10.0 Å². The van der Waals surface area contributed by atoms with Crippen molar-refractivity contribution in [3.8, 4) is 12.3 Å². The highest BCUT2D eigenvalue weighted by molar-refractivity contribution is 7.89. The molecule has 1 heterocycles. The number of hydrogen-bond donors (Lipinski definition) is 2. The molecule has 5 nitrogen and oxygen atoms in total. The maximum absolute atomic E-state index is 11.8. The third kappa shape index (κ3) is 3.89. The van der Waals surface area contributed by atoms with E-state index in [0.717, 1.165) is 0 Å².